The average Bonchev–Trinajstić information content (AvgIpc) is 3.61. The van der Waals surface area contributed by atoms with Gasteiger partial charge in [0.25, 0.3) is 0 Å². The van der Waals surface area contributed by atoms with Crippen molar-refractivity contribution in [3.63, 3.8) is 0 Å². The Balaban J connectivity index is 1.39. The van der Waals surface area contributed by atoms with Gasteiger partial charge in [-0.3, -0.25) is 4.98 Å². The maximum atomic E-state index is 14.6. The van der Waals surface area contributed by atoms with E-state index in [4.69, 9.17) is 16.3 Å². The number of nitrogens with zero attached hydrogens (tertiary/aromatic N) is 2. The van der Waals surface area contributed by atoms with Gasteiger partial charge in [-0.15, -0.1) is 0 Å². The molecular formula is C24H32ClFN4O. The smallest absolute Gasteiger partial charge is 0.152 e. The molecular weight excluding hydrogens is 415 g/mol. The molecule has 31 heavy (non-hydrogen) atoms. The van der Waals surface area contributed by atoms with Crippen molar-refractivity contribution in [2.24, 2.45) is 11.8 Å². The summed E-state index contributed by atoms with van der Waals surface area (Å²) in [5, 5.41) is 7.35. The van der Waals surface area contributed by atoms with Crippen molar-refractivity contribution in [1.29, 1.82) is 0 Å². The van der Waals surface area contributed by atoms with Gasteiger partial charge < -0.3 is 15.4 Å². The molecule has 0 unspecified atom stereocenters. The summed E-state index contributed by atoms with van der Waals surface area (Å²) in [6.45, 7) is 2.54. The lowest BCUT2D eigenvalue weighted by atomic mass is 9.83. The predicted molar refractivity (Wildman–Crippen MR) is 123 cm³/mol. The standard InChI is InChI=1S/C24H32ClFN4O/c1-31-9-8-27-19-6-4-16(5-7-19)10-20-12-21(22(26)15-28-20)18-11-23(24(25)30-14-18)29-13-17-2-3-17/h11-12,14-17,19,27,29H,2-10,13H2,1H3. The highest BCUT2D eigenvalue weighted by atomic mass is 35.5. The fourth-order valence-corrected chi connectivity index (χ4v) is 4.51. The van der Waals surface area contributed by atoms with Gasteiger partial charge in [-0.2, -0.15) is 0 Å². The van der Waals surface area contributed by atoms with Gasteiger partial charge in [0.05, 0.1) is 18.5 Å². The highest BCUT2D eigenvalue weighted by molar-refractivity contribution is 6.32. The highest BCUT2D eigenvalue weighted by Gasteiger charge is 2.23. The quantitative estimate of drug-likeness (QED) is 0.393. The Morgan fingerprint density at radius 2 is 1.84 bits per heavy atom. The van der Waals surface area contributed by atoms with Crippen molar-refractivity contribution in [3.05, 3.63) is 41.2 Å². The van der Waals surface area contributed by atoms with Gasteiger partial charge in [-0.05, 0) is 68.9 Å². The molecule has 2 aromatic rings. The topological polar surface area (TPSA) is 59.1 Å². The number of hydrogen-bond acceptors (Lipinski definition) is 5. The fraction of sp³-hybridized carbons (Fsp3) is 0.583. The van der Waals surface area contributed by atoms with E-state index in [9.17, 15) is 4.39 Å². The van der Waals surface area contributed by atoms with Gasteiger partial charge in [-0.1, -0.05) is 11.6 Å². The number of ether oxygens (including phenoxy) is 1. The molecule has 0 spiro atoms. The summed E-state index contributed by atoms with van der Waals surface area (Å²) in [4.78, 5) is 8.66. The maximum absolute atomic E-state index is 14.6. The minimum atomic E-state index is -0.327. The Hall–Kier alpha value is -1.76. The Labute approximate surface area is 189 Å². The van der Waals surface area contributed by atoms with Crippen molar-refractivity contribution in [2.45, 2.75) is 51.0 Å². The molecule has 2 saturated carbocycles. The van der Waals surface area contributed by atoms with E-state index in [0.717, 1.165) is 55.9 Å². The van der Waals surface area contributed by atoms with Gasteiger partial charge in [0.15, 0.2) is 5.15 Å². The van der Waals surface area contributed by atoms with E-state index in [-0.39, 0.29) is 5.82 Å². The number of halogens is 2. The molecule has 2 heterocycles. The van der Waals surface area contributed by atoms with Crippen LogP contribution in [0.4, 0.5) is 10.1 Å². The van der Waals surface area contributed by atoms with Gasteiger partial charge in [0.2, 0.25) is 0 Å². The first-order chi connectivity index (χ1) is 15.1. The fourth-order valence-electron chi connectivity index (χ4n) is 4.34. The monoisotopic (exact) mass is 446 g/mol. The van der Waals surface area contributed by atoms with Crippen LogP contribution in [0.25, 0.3) is 11.1 Å². The van der Waals surface area contributed by atoms with Crippen molar-refractivity contribution in [2.75, 3.05) is 32.1 Å². The number of pyridine rings is 2. The molecule has 168 valence electrons. The number of nitrogens with one attached hydrogen (secondary N) is 2. The molecule has 2 aliphatic carbocycles. The second kappa shape index (κ2) is 10.7. The summed E-state index contributed by atoms with van der Waals surface area (Å²) in [6.07, 6.45) is 11.0. The minimum absolute atomic E-state index is 0.327. The lowest BCUT2D eigenvalue weighted by Crippen LogP contribution is -2.35. The van der Waals surface area contributed by atoms with Crippen LogP contribution in [0, 0.1) is 17.7 Å². The Morgan fingerprint density at radius 1 is 1.06 bits per heavy atom. The average molecular weight is 447 g/mol. The highest BCUT2D eigenvalue weighted by Crippen LogP contribution is 2.33. The van der Waals surface area contributed by atoms with Crippen molar-refractivity contribution in [1.82, 2.24) is 15.3 Å². The van der Waals surface area contributed by atoms with Crippen LogP contribution in [0.1, 0.15) is 44.2 Å². The normalized spacial score (nSPS) is 21.3. The molecule has 0 atom stereocenters. The second-order valence-electron chi connectivity index (χ2n) is 8.91. The summed E-state index contributed by atoms with van der Waals surface area (Å²) in [5.41, 5.74) is 2.98. The summed E-state index contributed by atoms with van der Waals surface area (Å²) in [7, 11) is 1.73. The number of hydrogen-bond donors (Lipinski definition) is 2. The van der Waals surface area contributed by atoms with E-state index in [1.54, 1.807) is 13.3 Å². The van der Waals surface area contributed by atoms with E-state index in [0.29, 0.717) is 28.6 Å². The van der Waals surface area contributed by atoms with Crippen molar-refractivity contribution in [3.8, 4) is 11.1 Å². The van der Waals surface area contributed by atoms with Crippen LogP contribution in [0.5, 0.6) is 0 Å². The zero-order chi connectivity index (χ0) is 21.6. The SMILES string of the molecule is COCCNC1CCC(Cc2cc(-c3cnc(Cl)c(NCC4CC4)c3)c(F)cn2)CC1. The third-order valence-corrected chi connectivity index (χ3v) is 6.73. The lowest BCUT2D eigenvalue weighted by Gasteiger charge is -2.29. The van der Waals surface area contributed by atoms with Crippen LogP contribution < -0.4 is 10.6 Å². The molecule has 0 radical (unpaired) electrons. The van der Waals surface area contributed by atoms with E-state index >= 15 is 0 Å². The van der Waals surface area contributed by atoms with Crippen LogP contribution in [-0.4, -0.2) is 42.8 Å². The Kier molecular flexibility index (Phi) is 7.75. The predicted octanol–water partition coefficient (Wildman–Crippen LogP) is 5.10. The molecule has 0 saturated heterocycles. The summed E-state index contributed by atoms with van der Waals surface area (Å²) >= 11 is 6.25. The number of anilines is 1. The number of aromatic nitrogens is 2. The summed E-state index contributed by atoms with van der Waals surface area (Å²) < 4.78 is 19.7. The molecule has 0 amide bonds. The molecule has 2 aromatic heterocycles. The number of methoxy groups -OCH3 is 1. The van der Waals surface area contributed by atoms with Crippen LogP contribution in [0.3, 0.4) is 0 Å². The molecule has 2 aliphatic rings. The molecule has 2 fully saturated rings. The van der Waals surface area contributed by atoms with Crippen molar-refractivity contribution < 1.29 is 9.13 Å². The second-order valence-corrected chi connectivity index (χ2v) is 9.27. The molecule has 2 N–H and O–H groups in total. The third-order valence-electron chi connectivity index (χ3n) is 6.42. The molecule has 0 bridgehead atoms. The van der Waals surface area contributed by atoms with Gasteiger partial charge in [0, 0.05) is 49.3 Å². The third kappa shape index (κ3) is 6.37. The molecule has 0 aliphatic heterocycles. The summed E-state index contributed by atoms with van der Waals surface area (Å²) in [6, 6.07) is 4.36. The van der Waals surface area contributed by atoms with Gasteiger partial charge in [-0.25, -0.2) is 9.37 Å². The molecule has 4 rings (SSSR count). The number of rotatable bonds is 10. The molecule has 5 nitrogen and oxygen atoms in total. The summed E-state index contributed by atoms with van der Waals surface area (Å²) in [5.74, 6) is 0.978. The zero-order valence-electron chi connectivity index (χ0n) is 18.2. The zero-order valence-corrected chi connectivity index (χ0v) is 18.9. The van der Waals surface area contributed by atoms with E-state index in [2.05, 4.69) is 20.6 Å². The molecule has 7 heteroatoms. The van der Waals surface area contributed by atoms with E-state index < -0.39 is 0 Å². The first-order valence-corrected chi connectivity index (χ1v) is 11.8. The molecule has 0 aromatic carbocycles. The van der Waals surface area contributed by atoms with Crippen LogP contribution in [0.15, 0.2) is 24.5 Å². The minimum Gasteiger partial charge on any atom is -0.383 e. The van der Waals surface area contributed by atoms with Crippen LogP contribution in [0.2, 0.25) is 5.15 Å². The van der Waals surface area contributed by atoms with Gasteiger partial charge >= 0.3 is 0 Å². The first-order valence-electron chi connectivity index (χ1n) is 11.4. The van der Waals surface area contributed by atoms with E-state index in [1.165, 1.54) is 31.9 Å². The Bertz CT molecular complexity index is 869. The van der Waals surface area contributed by atoms with Crippen LogP contribution in [-0.2, 0) is 11.2 Å². The maximum Gasteiger partial charge on any atom is 0.152 e. The largest absolute Gasteiger partial charge is 0.383 e. The van der Waals surface area contributed by atoms with Crippen molar-refractivity contribution >= 4 is 17.3 Å². The lowest BCUT2D eigenvalue weighted by molar-refractivity contribution is 0.188. The van der Waals surface area contributed by atoms with Crippen LogP contribution >= 0.6 is 11.6 Å². The first kappa shape index (κ1) is 22.4. The van der Waals surface area contributed by atoms with E-state index in [1.807, 2.05) is 12.1 Å². The van der Waals surface area contributed by atoms with Gasteiger partial charge in [0.1, 0.15) is 5.82 Å². The Morgan fingerprint density at radius 3 is 2.58 bits per heavy atom.